The van der Waals surface area contributed by atoms with Crippen LogP contribution < -0.4 is 5.73 Å². The summed E-state index contributed by atoms with van der Waals surface area (Å²) in [4.78, 5) is 0. The van der Waals surface area contributed by atoms with E-state index in [2.05, 4.69) is 0 Å². The fourth-order valence-electron chi connectivity index (χ4n) is 2.89. The van der Waals surface area contributed by atoms with Crippen molar-refractivity contribution in [1.29, 1.82) is 0 Å². The molecule has 0 aromatic heterocycles. The van der Waals surface area contributed by atoms with Gasteiger partial charge in [0, 0.05) is 28.7 Å². The van der Waals surface area contributed by atoms with E-state index >= 15 is 0 Å². The normalized spacial score (nSPS) is 37.4. The smallest absolute Gasteiger partial charge is 0.0691 e. The van der Waals surface area contributed by atoms with Crippen LogP contribution in [0.25, 0.3) is 0 Å². The molecule has 0 spiro atoms. The predicted molar refractivity (Wildman–Crippen MR) is 71.4 cm³/mol. The summed E-state index contributed by atoms with van der Waals surface area (Å²) < 4.78 is 18.0. The molecule has 0 aromatic carbocycles. The largest absolute Gasteiger partial charge is 0.377 e. The van der Waals surface area contributed by atoms with Crippen molar-refractivity contribution in [3.05, 3.63) is 0 Å². The molecule has 17 heavy (non-hydrogen) atoms. The first-order chi connectivity index (χ1) is 8.27. The monoisotopic (exact) mass is 259 g/mol. The third-order valence-electron chi connectivity index (χ3n) is 3.97. The molecule has 1 heterocycles. The van der Waals surface area contributed by atoms with E-state index in [-0.39, 0.29) is 17.4 Å². The highest BCUT2D eigenvalue weighted by Gasteiger charge is 2.28. The van der Waals surface area contributed by atoms with Crippen LogP contribution in [0.5, 0.6) is 0 Å². The van der Waals surface area contributed by atoms with Crippen molar-refractivity contribution >= 4 is 10.8 Å². The van der Waals surface area contributed by atoms with Crippen LogP contribution in [0.4, 0.5) is 0 Å². The first-order valence-corrected chi connectivity index (χ1v) is 8.40. The summed E-state index contributed by atoms with van der Waals surface area (Å²) in [5, 5.41) is 0.208. The number of hydrogen-bond donors (Lipinski definition) is 1. The van der Waals surface area contributed by atoms with Gasteiger partial charge in [-0.2, -0.15) is 0 Å². The molecule has 2 rings (SSSR count). The number of nitrogens with two attached hydrogens (primary N) is 1. The minimum atomic E-state index is -0.795. The van der Waals surface area contributed by atoms with E-state index in [1.54, 1.807) is 0 Å². The number of rotatable bonds is 3. The van der Waals surface area contributed by atoms with Crippen molar-refractivity contribution in [2.75, 3.05) is 12.4 Å². The molecule has 2 N–H and O–H groups in total. The molecule has 0 bridgehead atoms. The summed E-state index contributed by atoms with van der Waals surface area (Å²) in [5.41, 5.74) is 6.19. The van der Waals surface area contributed by atoms with Crippen LogP contribution in [0.1, 0.15) is 51.4 Å². The highest BCUT2D eigenvalue weighted by molar-refractivity contribution is 7.85. The average Bonchev–Trinajstić information content (AvgIpc) is 2.76. The van der Waals surface area contributed by atoms with Crippen LogP contribution in [0.3, 0.4) is 0 Å². The van der Waals surface area contributed by atoms with E-state index in [4.69, 9.17) is 10.5 Å². The van der Waals surface area contributed by atoms with Gasteiger partial charge in [-0.05, 0) is 25.7 Å². The molecule has 3 nitrogen and oxygen atoms in total. The van der Waals surface area contributed by atoms with Crippen LogP contribution >= 0.6 is 0 Å². The molecule has 0 radical (unpaired) electrons. The molecular weight excluding hydrogens is 234 g/mol. The van der Waals surface area contributed by atoms with Gasteiger partial charge in [0.05, 0.1) is 11.9 Å². The first kappa shape index (κ1) is 13.5. The Morgan fingerprint density at radius 3 is 2.53 bits per heavy atom. The minimum Gasteiger partial charge on any atom is -0.377 e. The third kappa shape index (κ3) is 4.04. The Kier molecular flexibility index (Phi) is 5.45. The molecule has 100 valence electrons. The van der Waals surface area contributed by atoms with E-state index in [1.165, 1.54) is 25.7 Å². The van der Waals surface area contributed by atoms with Crippen LogP contribution in [0.15, 0.2) is 0 Å². The maximum Gasteiger partial charge on any atom is 0.0691 e. The zero-order valence-electron chi connectivity index (χ0n) is 10.6. The van der Waals surface area contributed by atoms with Gasteiger partial charge in [0.25, 0.3) is 0 Å². The van der Waals surface area contributed by atoms with Crippen molar-refractivity contribution in [3.63, 3.8) is 0 Å². The number of ether oxygens (including phenoxy) is 1. The van der Waals surface area contributed by atoms with Gasteiger partial charge in [-0.15, -0.1) is 0 Å². The summed E-state index contributed by atoms with van der Waals surface area (Å²) in [6.07, 6.45) is 9.48. The van der Waals surface area contributed by atoms with Gasteiger partial charge in [-0.25, -0.2) is 0 Å². The summed E-state index contributed by atoms with van der Waals surface area (Å²) in [6, 6.07) is 0.137. The lowest BCUT2D eigenvalue weighted by Crippen LogP contribution is -2.40. The van der Waals surface area contributed by atoms with Crippen molar-refractivity contribution in [1.82, 2.24) is 0 Å². The maximum absolute atomic E-state index is 12.4. The fourth-order valence-corrected chi connectivity index (χ4v) is 4.72. The molecule has 1 aliphatic carbocycles. The lowest BCUT2D eigenvalue weighted by molar-refractivity contribution is 0.128. The zero-order valence-corrected chi connectivity index (χ0v) is 11.4. The Labute approximate surface area is 107 Å². The van der Waals surface area contributed by atoms with Gasteiger partial charge in [-0.3, -0.25) is 4.21 Å². The van der Waals surface area contributed by atoms with E-state index in [9.17, 15) is 4.21 Å². The van der Waals surface area contributed by atoms with Crippen LogP contribution in [0.2, 0.25) is 0 Å². The van der Waals surface area contributed by atoms with Gasteiger partial charge in [0.15, 0.2) is 0 Å². The zero-order chi connectivity index (χ0) is 12.1. The van der Waals surface area contributed by atoms with Gasteiger partial charge in [0.1, 0.15) is 0 Å². The molecular formula is C13H25NO2S. The van der Waals surface area contributed by atoms with E-state index in [0.717, 1.165) is 32.3 Å². The molecule has 4 atom stereocenters. The van der Waals surface area contributed by atoms with E-state index < -0.39 is 10.8 Å². The Hall–Kier alpha value is 0.0700. The predicted octanol–water partition coefficient (Wildman–Crippen LogP) is 1.96. The minimum absolute atomic E-state index is 0.137. The van der Waals surface area contributed by atoms with Gasteiger partial charge >= 0.3 is 0 Å². The fraction of sp³-hybridized carbons (Fsp3) is 1.00. The van der Waals surface area contributed by atoms with E-state index in [0.29, 0.717) is 5.75 Å². The topological polar surface area (TPSA) is 52.3 Å². The lowest BCUT2D eigenvalue weighted by Gasteiger charge is -2.26. The average molecular weight is 259 g/mol. The van der Waals surface area contributed by atoms with Gasteiger partial charge in [-0.1, -0.05) is 25.7 Å². The lowest BCUT2D eigenvalue weighted by atomic mass is 9.97. The van der Waals surface area contributed by atoms with Crippen LogP contribution in [-0.4, -0.2) is 34.0 Å². The summed E-state index contributed by atoms with van der Waals surface area (Å²) >= 11 is 0. The summed E-state index contributed by atoms with van der Waals surface area (Å²) in [7, 11) is -0.795. The Bertz CT molecular complexity index is 254. The van der Waals surface area contributed by atoms with Crippen LogP contribution in [0, 0.1) is 0 Å². The third-order valence-corrected chi connectivity index (χ3v) is 5.93. The second-order valence-electron chi connectivity index (χ2n) is 5.38. The molecule has 1 saturated carbocycles. The second-order valence-corrected chi connectivity index (χ2v) is 7.08. The highest BCUT2D eigenvalue weighted by Crippen LogP contribution is 2.22. The second kappa shape index (κ2) is 6.86. The first-order valence-electron chi connectivity index (χ1n) is 7.02. The molecule has 1 aliphatic heterocycles. The van der Waals surface area contributed by atoms with Crippen molar-refractivity contribution in [2.24, 2.45) is 5.73 Å². The number of hydrogen-bond acceptors (Lipinski definition) is 3. The molecule has 0 aromatic rings. The SMILES string of the molecule is NC1CCCCCCC1S(=O)CC1CCCO1. The van der Waals surface area contributed by atoms with Crippen molar-refractivity contribution < 1.29 is 8.95 Å². The quantitative estimate of drug-likeness (QED) is 0.843. The Balaban J connectivity index is 1.85. The molecule has 2 aliphatic rings. The molecule has 2 fully saturated rings. The maximum atomic E-state index is 12.4. The van der Waals surface area contributed by atoms with Crippen molar-refractivity contribution in [3.8, 4) is 0 Å². The van der Waals surface area contributed by atoms with Crippen LogP contribution in [-0.2, 0) is 15.5 Å². The Morgan fingerprint density at radius 2 is 1.82 bits per heavy atom. The summed E-state index contributed by atoms with van der Waals surface area (Å²) in [5.74, 6) is 0.707. The van der Waals surface area contributed by atoms with Gasteiger partial charge in [0.2, 0.25) is 0 Å². The molecule has 4 unspecified atom stereocenters. The summed E-state index contributed by atoms with van der Waals surface area (Å²) in [6.45, 7) is 0.846. The standard InChI is InChI=1S/C13H25NO2S/c14-12-7-3-1-2-4-8-13(12)17(15)10-11-6-5-9-16-11/h11-13H,1-10,14H2. The highest BCUT2D eigenvalue weighted by atomic mass is 32.2. The molecule has 1 saturated heterocycles. The molecule has 0 amide bonds. The molecule has 4 heteroatoms. The van der Waals surface area contributed by atoms with Crippen molar-refractivity contribution in [2.45, 2.75) is 68.8 Å². The Morgan fingerprint density at radius 1 is 1.06 bits per heavy atom. The van der Waals surface area contributed by atoms with E-state index in [1.807, 2.05) is 0 Å². The van der Waals surface area contributed by atoms with Gasteiger partial charge < -0.3 is 10.5 Å².